The van der Waals surface area contributed by atoms with Crippen LogP contribution in [0.5, 0.6) is 0 Å². The number of nitrogens with one attached hydrogen (secondary N) is 2. The van der Waals surface area contributed by atoms with Crippen molar-refractivity contribution < 1.29 is 9.18 Å². The minimum atomic E-state index is -0.263. The summed E-state index contributed by atoms with van der Waals surface area (Å²) in [7, 11) is 0. The van der Waals surface area contributed by atoms with Gasteiger partial charge >= 0.3 is 0 Å². The molecule has 0 bridgehead atoms. The molecule has 3 nitrogen and oxygen atoms in total. The number of carbonyl (C=O) groups is 1. The van der Waals surface area contributed by atoms with Crippen molar-refractivity contribution in [3.05, 3.63) is 34.1 Å². The number of carbonyl (C=O) groups excluding carboxylic acids is 1. The number of rotatable bonds is 4. The molecule has 1 heterocycles. The van der Waals surface area contributed by atoms with E-state index in [-0.39, 0.29) is 30.0 Å². The molecule has 1 aliphatic heterocycles. The van der Waals surface area contributed by atoms with E-state index in [4.69, 9.17) is 0 Å². The van der Waals surface area contributed by atoms with Crippen LogP contribution in [-0.2, 0) is 11.2 Å². The first kappa shape index (κ1) is 18.4. The molecule has 0 unspecified atom stereocenters. The van der Waals surface area contributed by atoms with Crippen LogP contribution in [0.25, 0.3) is 0 Å². The van der Waals surface area contributed by atoms with Gasteiger partial charge in [-0.2, -0.15) is 0 Å². The van der Waals surface area contributed by atoms with E-state index in [9.17, 15) is 9.18 Å². The molecule has 1 aliphatic rings. The highest BCUT2D eigenvalue weighted by molar-refractivity contribution is 9.10. The third-order valence-electron chi connectivity index (χ3n) is 3.69. The number of amides is 1. The smallest absolute Gasteiger partial charge is 0.223 e. The molecule has 0 radical (unpaired) electrons. The van der Waals surface area contributed by atoms with Gasteiger partial charge in [0, 0.05) is 18.5 Å². The van der Waals surface area contributed by atoms with Gasteiger partial charge in [-0.05, 0) is 66.4 Å². The van der Waals surface area contributed by atoms with Gasteiger partial charge in [0.15, 0.2) is 0 Å². The van der Waals surface area contributed by atoms with Gasteiger partial charge in [0.05, 0.1) is 4.47 Å². The number of piperidine rings is 1. The van der Waals surface area contributed by atoms with E-state index in [2.05, 4.69) is 33.5 Å². The van der Waals surface area contributed by atoms with Crippen LogP contribution in [0.4, 0.5) is 4.39 Å². The number of benzene rings is 1. The number of halogens is 3. The van der Waals surface area contributed by atoms with Crippen molar-refractivity contribution in [3.63, 3.8) is 0 Å². The molecule has 6 heteroatoms. The quantitative estimate of drug-likeness (QED) is 0.844. The van der Waals surface area contributed by atoms with Crippen molar-refractivity contribution in [1.82, 2.24) is 10.6 Å². The Morgan fingerprint density at radius 3 is 2.95 bits per heavy atom. The van der Waals surface area contributed by atoms with E-state index in [1.54, 1.807) is 12.1 Å². The van der Waals surface area contributed by atoms with Crippen molar-refractivity contribution in [2.75, 3.05) is 13.1 Å². The molecular weight excluding hydrogens is 359 g/mol. The lowest BCUT2D eigenvalue weighted by Crippen LogP contribution is -2.42. The summed E-state index contributed by atoms with van der Waals surface area (Å²) < 4.78 is 13.6. The van der Waals surface area contributed by atoms with Crippen LogP contribution in [0.3, 0.4) is 0 Å². The Labute approximate surface area is 139 Å². The molecular formula is C15H21BrClFN2O. The molecule has 1 aromatic carbocycles. The highest BCUT2D eigenvalue weighted by Crippen LogP contribution is 2.18. The summed E-state index contributed by atoms with van der Waals surface area (Å²) in [6.45, 7) is 3.61. The molecule has 0 aromatic heterocycles. The monoisotopic (exact) mass is 378 g/mol. The summed E-state index contributed by atoms with van der Waals surface area (Å²) in [6.07, 6.45) is 2.51. The molecule has 0 saturated carbocycles. The summed E-state index contributed by atoms with van der Waals surface area (Å²) in [5.74, 6) is -0.00721. The van der Waals surface area contributed by atoms with Crippen molar-refractivity contribution in [2.24, 2.45) is 5.92 Å². The molecule has 2 atom stereocenters. The first-order valence-corrected chi connectivity index (χ1v) is 7.80. The van der Waals surface area contributed by atoms with Gasteiger partial charge < -0.3 is 10.6 Å². The Morgan fingerprint density at radius 2 is 2.29 bits per heavy atom. The normalized spacial score (nSPS) is 21.5. The van der Waals surface area contributed by atoms with Crippen LogP contribution < -0.4 is 10.6 Å². The Morgan fingerprint density at radius 1 is 1.52 bits per heavy atom. The lowest BCUT2D eigenvalue weighted by atomic mass is 9.92. The van der Waals surface area contributed by atoms with Crippen molar-refractivity contribution >= 4 is 34.2 Å². The largest absolute Gasteiger partial charge is 0.356 e. The van der Waals surface area contributed by atoms with Crippen LogP contribution in [0.2, 0.25) is 0 Å². The van der Waals surface area contributed by atoms with Crippen molar-refractivity contribution in [3.8, 4) is 0 Å². The average Bonchev–Trinajstić information content (AvgIpc) is 2.42. The van der Waals surface area contributed by atoms with Gasteiger partial charge in [0.1, 0.15) is 5.82 Å². The van der Waals surface area contributed by atoms with Crippen LogP contribution >= 0.6 is 28.3 Å². The molecule has 21 heavy (non-hydrogen) atoms. The zero-order valence-corrected chi connectivity index (χ0v) is 14.4. The van der Waals surface area contributed by atoms with Crippen molar-refractivity contribution in [1.29, 1.82) is 0 Å². The topological polar surface area (TPSA) is 41.1 Å². The SMILES string of the molecule is C[C@H]1C[C@@H](C(=O)NCCc2ccc(F)c(Br)c2)CCN1.Cl. The maximum absolute atomic E-state index is 13.1. The van der Waals surface area contributed by atoms with E-state index in [1.807, 2.05) is 0 Å². The maximum atomic E-state index is 13.1. The second kappa shape index (κ2) is 8.71. The second-order valence-electron chi connectivity index (χ2n) is 5.37. The van der Waals surface area contributed by atoms with Crippen LogP contribution in [0.1, 0.15) is 25.3 Å². The predicted molar refractivity (Wildman–Crippen MR) is 88.3 cm³/mol. The molecule has 1 aromatic rings. The fourth-order valence-corrected chi connectivity index (χ4v) is 2.97. The van der Waals surface area contributed by atoms with E-state index in [0.29, 0.717) is 23.5 Å². The summed E-state index contributed by atoms with van der Waals surface area (Å²) in [5.41, 5.74) is 1.01. The highest BCUT2D eigenvalue weighted by atomic mass is 79.9. The van der Waals surface area contributed by atoms with Gasteiger partial charge in [0.2, 0.25) is 5.91 Å². The molecule has 1 fully saturated rings. The summed E-state index contributed by atoms with van der Waals surface area (Å²) in [6, 6.07) is 5.36. The predicted octanol–water partition coefficient (Wildman–Crippen LogP) is 3.06. The van der Waals surface area contributed by atoms with E-state index in [1.165, 1.54) is 6.07 Å². The Balaban J connectivity index is 0.00000220. The van der Waals surface area contributed by atoms with E-state index < -0.39 is 0 Å². The highest BCUT2D eigenvalue weighted by Gasteiger charge is 2.24. The summed E-state index contributed by atoms with van der Waals surface area (Å²) in [4.78, 5) is 12.0. The van der Waals surface area contributed by atoms with E-state index in [0.717, 1.165) is 24.9 Å². The number of hydrogen-bond acceptors (Lipinski definition) is 2. The van der Waals surface area contributed by atoms with Crippen LogP contribution in [0, 0.1) is 11.7 Å². The molecule has 118 valence electrons. The van der Waals surface area contributed by atoms with Gasteiger partial charge in [0.25, 0.3) is 0 Å². The van der Waals surface area contributed by atoms with Crippen LogP contribution in [-0.4, -0.2) is 25.0 Å². The minimum absolute atomic E-state index is 0. The fraction of sp³-hybridized carbons (Fsp3) is 0.533. The third-order valence-corrected chi connectivity index (χ3v) is 4.30. The fourth-order valence-electron chi connectivity index (χ4n) is 2.54. The Bertz CT molecular complexity index is 487. The van der Waals surface area contributed by atoms with Crippen LogP contribution in [0.15, 0.2) is 22.7 Å². The van der Waals surface area contributed by atoms with Crippen molar-refractivity contribution in [2.45, 2.75) is 32.2 Å². The van der Waals surface area contributed by atoms with Gasteiger partial charge in [-0.25, -0.2) is 4.39 Å². The number of hydrogen-bond donors (Lipinski definition) is 2. The lowest BCUT2D eigenvalue weighted by molar-refractivity contribution is -0.126. The lowest BCUT2D eigenvalue weighted by Gasteiger charge is -2.27. The van der Waals surface area contributed by atoms with Gasteiger partial charge in [-0.1, -0.05) is 6.07 Å². The van der Waals surface area contributed by atoms with E-state index >= 15 is 0 Å². The first-order valence-electron chi connectivity index (χ1n) is 7.01. The Hall–Kier alpha value is -0.650. The maximum Gasteiger partial charge on any atom is 0.223 e. The molecule has 0 spiro atoms. The van der Waals surface area contributed by atoms with Gasteiger partial charge in [-0.15, -0.1) is 12.4 Å². The standard InChI is InChI=1S/C15H20BrFN2O.ClH/c1-10-8-12(5-7-18-10)15(20)19-6-4-11-2-3-14(17)13(16)9-11;/h2-3,9-10,12,18H,4-8H2,1H3,(H,19,20);1H/t10-,12-;/m0./s1. The summed E-state index contributed by atoms with van der Waals surface area (Å²) >= 11 is 3.17. The zero-order valence-electron chi connectivity index (χ0n) is 12.0. The first-order chi connectivity index (χ1) is 9.56. The third kappa shape index (κ3) is 5.57. The molecule has 1 amide bonds. The molecule has 1 saturated heterocycles. The second-order valence-corrected chi connectivity index (χ2v) is 6.22. The molecule has 2 rings (SSSR count). The Kier molecular flexibility index (Phi) is 7.63. The molecule has 0 aliphatic carbocycles. The minimum Gasteiger partial charge on any atom is -0.356 e. The average molecular weight is 380 g/mol. The zero-order chi connectivity index (χ0) is 14.5. The summed E-state index contributed by atoms with van der Waals surface area (Å²) in [5, 5.41) is 6.32. The molecule has 2 N–H and O–H groups in total. The van der Waals surface area contributed by atoms with Gasteiger partial charge in [-0.3, -0.25) is 4.79 Å².